The van der Waals surface area contributed by atoms with Gasteiger partial charge in [-0.2, -0.15) is 23.3 Å². The zero-order valence-electron chi connectivity index (χ0n) is 17.2. The number of anilines is 2. The lowest BCUT2D eigenvalue weighted by Crippen LogP contribution is -2.46. The molecule has 2 N–H and O–H groups in total. The zero-order chi connectivity index (χ0) is 24.4. The molecule has 0 aromatic heterocycles. The molecule has 1 aliphatic rings. The lowest BCUT2D eigenvalue weighted by Gasteiger charge is -2.33. The molecule has 0 spiro atoms. The zero-order valence-corrected chi connectivity index (χ0v) is 18.0. The number of amides is 1. The van der Waals surface area contributed by atoms with Crippen LogP contribution in [-0.2, 0) is 6.18 Å². The molecule has 1 fully saturated rings. The number of nitroso groups, excluding NO2 is 1. The number of hydrogen-bond acceptors (Lipinski definition) is 5. The van der Waals surface area contributed by atoms with E-state index in [2.05, 4.69) is 15.8 Å². The average Bonchev–Trinajstić information content (AvgIpc) is 3.53. The predicted octanol–water partition coefficient (Wildman–Crippen LogP) is 4.58. The van der Waals surface area contributed by atoms with Gasteiger partial charge in [0, 0.05) is 18.4 Å². The summed E-state index contributed by atoms with van der Waals surface area (Å²) in [4.78, 5) is 24.2. The van der Waals surface area contributed by atoms with Crippen molar-refractivity contribution < 1.29 is 22.4 Å². The molecule has 1 saturated carbocycles. The first kappa shape index (κ1) is 24.1. The maximum absolute atomic E-state index is 14.6. The Morgan fingerprint density at radius 1 is 1.27 bits per heavy atom. The Labute approximate surface area is 191 Å². The second-order valence-corrected chi connectivity index (χ2v) is 7.78. The van der Waals surface area contributed by atoms with Gasteiger partial charge in [0.15, 0.2) is 5.11 Å². The molecule has 1 aliphatic carbocycles. The van der Waals surface area contributed by atoms with Gasteiger partial charge >= 0.3 is 6.18 Å². The second-order valence-electron chi connectivity index (χ2n) is 7.39. The molecule has 0 bridgehead atoms. The number of thiocarbonyl (C=S) groups is 1. The smallest absolute Gasteiger partial charge is 0.355 e. The molecule has 0 aliphatic heterocycles. The van der Waals surface area contributed by atoms with E-state index in [0.717, 1.165) is 18.2 Å². The summed E-state index contributed by atoms with van der Waals surface area (Å²) < 4.78 is 54.5. The fourth-order valence-corrected chi connectivity index (χ4v) is 3.84. The lowest BCUT2D eigenvalue weighted by molar-refractivity contribution is -0.137. The summed E-state index contributed by atoms with van der Waals surface area (Å²) >= 11 is 5.41. The third-order valence-electron chi connectivity index (χ3n) is 5.24. The first-order chi connectivity index (χ1) is 15.6. The number of nitrogens with zero attached hydrogens (tertiary/aromatic N) is 3. The van der Waals surface area contributed by atoms with E-state index in [9.17, 15) is 27.3 Å². The van der Waals surface area contributed by atoms with Crippen molar-refractivity contribution in [2.75, 3.05) is 23.8 Å². The van der Waals surface area contributed by atoms with Gasteiger partial charge in [-0.1, -0.05) is 5.18 Å². The van der Waals surface area contributed by atoms with Crippen LogP contribution in [-0.4, -0.2) is 30.2 Å². The molecular weight excluding hydrogens is 462 g/mol. The van der Waals surface area contributed by atoms with Crippen LogP contribution in [0.3, 0.4) is 0 Å². The number of benzene rings is 2. The Morgan fingerprint density at radius 2 is 1.97 bits per heavy atom. The largest absolute Gasteiger partial charge is 0.417 e. The van der Waals surface area contributed by atoms with Gasteiger partial charge < -0.3 is 15.5 Å². The minimum absolute atomic E-state index is 0.0476. The third-order valence-corrected chi connectivity index (χ3v) is 5.53. The molecule has 0 saturated heterocycles. The van der Waals surface area contributed by atoms with E-state index in [1.165, 1.54) is 36.2 Å². The summed E-state index contributed by atoms with van der Waals surface area (Å²) in [5.41, 5.74) is -2.61. The number of nitrogens with one attached hydrogen (secondary N) is 2. The van der Waals surface area contributed by atoms with Crippen molar-refractivity contribution in [3.63, 3.8) is 0 Å². The van der Waals surface area contributed by atoms with Crippen molar-refractivity contribution >= 4 is 34.6 Å². The first-order valence-electron chi connectivity index (χ1n) is 9.59. The molecule has 0 unspecified atom stereocenters. The van der Waals surface area contributed by atoms with E-state index in [0.29, 0.717) is 12.8 Å². The van der Waals surface area contributed by atoms with Crippen LogP contribution in [0, 0.1) is 22.1 Å². The van der Waals surface area contributed by atoms with E-state index < -0.39 is 34.6 Å². The van der Waals surface area contributed by atoms with Gasteiger partial charge in [0.05, 0.1) is 28.3 Å². The van der Waals surface area contributed by atoms with Gasteiger partial charge in [0.1, 0.15) is 12.4 Å². The molecule has 7 nitrogen and oxygen atoms in total. The third kappa shape index (κ3) is 4.93. The Hall–Kier alpha value is -3.59. The normalized spacial score (nSPS) is 14.1. The molecule has 3 rings (SSSR count). The van der Waals surface area contributed by atoms with E-state index in [1.54, 1.807) is 0 Å². The van der Waals surface area contributed by atoms with Gasteiger partial charge in [-0.15, -0.1) is 0 Å². The van der Waals surface area contributed by atoms with Crippen LogP contribution in [0.1, 0.15) is 34.3 Å². The van der Waals surface area contributed by atoms with Crippen LogP contribution >= 0.6 is 12.2 Å². The van der Waals surface area contributed by atoms with Crippen LogP contribution < -0.4 is 15.5 Å². The van der Waals surface area contributed by atoms with Crippen LogP contribution in [0.25, 0.3) is 0 Å². The van der Waals surface area contributed by atoms with E-state index in [-0.39, 0.29) is 28.6 Å². The molecule has 0 radical (unpaired) electrons. The highest BCUT2D eigenvalue weighted by molar-refractivity contribution is 7.80. The Kier molecular flexibility index (Phi) is 6.64. The molecule has 33 heavy (non-hydrogen) atoms. The van der Waals surface area contributed by atoms with Crippen molar-refractivity contribution in [3.8, 4) is 6.07 Å². The highest BCUT2D eigenvalue weighted by Crippen LogP contribution is 2.45. The fraction of sp³-hybridized carbons (Fsp3) is 0.286. The second kappa shape index (κ2) is 9.11. The van der Waals surface area contributed by atoms with Crippen molar-refractivity contribution in [1.29, 1.82) is 5.26 Å². The number of alkyl halides is 3. The summed E-state index contributed by atoms with van der Waals surface area (Å²) in [6.45, 7) is -0.186. The molecule has 1 amide bonds. The minimum atomic E-state index is -4.76. The van der Waals surface area contributed by atoms with Gasteiger partial charge in [0.2, 0.25) is 0 Å². The van der Waals surface area contributed by atoms with E-state index in [4.69, 9.17) is 17.5 Å². The van der Waals surface area contributed by atoms with Crippen LogP contribution in [0.4, 0.5) is 28.9 Å². The number of halogens is 4. The van der Waals surface area contributed by atoms with Crippen molar-refractivity contribution in [1.82, 2.24) is 5.32 Å². The fourth-order valence-electron chi connectivity index (χ4n) is 3.42. The number of nitriles is 1. The minimum Gasteiger partial charge on any atom is -0.355 e. The number of hydrogen-bond donors (Lipinski definition) is 2. The SMILES string of the molecule is CNC(=O)c1ccc(N(C(=S)Nc2ccc(C#N)c(C(F)(F)F)c2)C2(CN=O)CC2)cc1F. The van der Waals surface area contributed by atoms with E-state index in [1.807, 2.05) is 0 Å². The topological polar surface area (TPSA) is 97.6 Å². The summed E-state index contributed by atoms with van der Waals surface area (Å²) in [5, 5.41) is 16.8. The molecule has 0 atom stereocenters. The Morgan fingerprint density at radius 3 is 2.48 bits per heavy atom. The van der Waals surface area contributed by atoms with Gasteiger partial charge in [0.25, 0.3) is 5.91 Å². The summed E-state index contributed by atoms with van der Waals surface area (Å²) in [5.74, 6) is -1.48. The average molecular weight is 479 g/mol. The molecule has 0 heterocycles. The van der Waals surface area contributed by atoms with E-state index >= 15 is 0 Å². The maximum atomic E-state index is 14.6. The van der Waals surface area contributed by atoms with Crippen LogP contribution in [0.15, 0.2) is 41.6 Å². The predicted molar refractivity (Wildman–Crippen MR) is 117 cm³/mol. The van der Waals surface area contributed by atoms with Gasteiger partial charge in [-0.25, -0.2) is 4.39 Å². The van der Waals surface area contributed by atoms with Gasteiger partial charge in [-0.05, 0) is 61.5 Å². The summed E-state index contributed by atoms with van der Waals surface area (Å²) in [6.07, 6.45) is -3.79. The van der Waals surface area contributed by atoms with Crippen molar-refractivity contribution in [2.45, 2.75) is 24.6 Å². The number of rotatable bonds is 6. The van der Waals surface area contributed by atoms with Crippen molar-refractivity contribution in [2.24, 2.45) is 5.18 Å². The Bertz CT molecular complexity index is 1160. The highest BCUT2D eigenvalue weighted by Gasteiger charge is 2.50. The summed E-state index contributed by atoms with van der Waals surface area (Å²) in [6, 6.07) is 8.23. The molecule has 2 aromatic rings. The number of carbonyl (C=O) groups excluding carboxylic acids is 1. The molecular formula is C21H17F4N5O2S. The van der Waals surface area contributed by atoms with Crippen LogP contribution in [0.5, 0.6) is 0 Å². The number of carbonyl (C=O) groups is 1. The maximum Gasteiger partial charge on any atom is 0.417 e. The van der Waals surface area contributed by atoms with Crippen LogP contribution in [0.2, 0.25) is 0 Å². The molecule has 2 aromatic carbocycles. The quantitative estimate of drug-likeness (QED) is 0.358. The molecule has 12 heteroatoms. The lowest BCUT2D eigenvalue weighted by atomic mass is 10.1. The Balaban J connectivity index is 1.99. The molecule has 172 valence electrons. The highest BCUT2D eigenvalue weighted by atomic mass is 32.1. The summed E-state index contributed by atoms with van der Waals surface area (Å²) in [7, 11) is 1.35. The standard InChI is InChI=1S/C21H17F4N5O2S/c1-27-18(31)15-5-4-14(9-17(15)22)30(20(6-7-20)11-28-32)19(33)29-13-3-2-12(10-26)16(8-13)21(23,24)25/h2-5,8-9H,6-7,11H2,1H3,(H,27,31)(H,29,33). The van der Waals surface area contributed by atoms with Gasteiger partial charge in [-0.3, -0.25) is 4.79 Å². The first-order valence-corrected chi connectivity index (χ1v) is 10.0. The van der Waals surface area contributed by atoms with Crippen molar-refractivity contribution in [3.05, 3.63) is 63.8 Å². The monoisotopic (exact) mass is 479 g/mol.